The predicted molar refractivity (Wildman–Crippen MR) is 79.3 cm³/mol. The maximum atomic E-state index is 12.4. The third-order valence-electron chi connectivity index (χ3n) is 2.86. The molecule has 1 N–H and O–H groups in total. The Balaban J connectivity index is 2.06. The highest BCUT2D eigenvalue weighted by atomic mass is 19.3. The minimum absolute atomic E-state index is 0.0927. The molecule has 0 aliphatic carbocycles. The molecule has 0 bridgehead atoms. The molecule has 25 heavy (non-hydrogen) atoms. The van der Waals surface area contributed by atoms with E-state index in [1.807, 2.05) is 0 Å². The van der Waals surface area contributed by atoms with Crippen LogP contribution in [0.25, 0.3) is 6.08 Å². The van der Waals surface area contributed by atoms with Gasteiger partial charge >= 0.3 is 13.2 Å². The fourth-order valence-electron chi connectivity index (χ4n) is 1.84. The summed E-state index contributed by atoms with van der Waals surface area (Å²) in [6.07, 6.45) is 3.75. The number of furan rings is 1. The van der Waals surface area contributed by atoms with Crippen LogP contribution in [-0.2, 0) is 11.3 Å². The van der Waals surface area contributed by atoms with Gasteiger partial charge in [-0.05, 0) is 30.3 Å². The van der Waals surface area contributed by atoms with Crippen molar-refractivity contribution in [2.24, 2.45) is 0 Å². The maximum absolute atomic E-state index is 12.4. The zero-order chi connectivity index (χ0) is 18.2. The molecule has 0 saturated carbocycles. The number of nitrogens with one attached hydrogen (secondary N) is 1. The number of benzene rings is 1. The Morgan fingerprint density at radius 3 is 2.56 bits per heavy atom. The standard InChI is InChI=1S/C16H13F4NO4/c17-15(18)24-11-5-3-10(13(8-11)25-16(19)20)4-6-14(22)21-9-12-2-1-7-23-12/h1-8,15-16H,9H2,(H,21,22)/b6-4+. The number of hydrogen-bond acceptors (Lipinski definition) is 4. The van der Waals surface area contributed by atoms with Crippen molar-refractivity contribution in [1.29, 1.82) is 0 Å². The van der Waals surface area contributed by atoms with E-state index in [-0.39, 0.29) is 17.9 Å². The molecule has 0 radical (unpaired) electrons. The Morgan fingerprint density at radius 2 is 1.92 bits per heavy atom. The molecule has 9 heteroatoms. The summed E-state index contributed by atoms with van der Waals surface area (Å²) in [5.41, 5.74) is 0.0927. The van der Waals surface area contributed by atoms with Crippen LogP contribution in [0.15, 0.2) is 47.1 Å². The van der Waals surface area contributed by atoms with Crippen LogP contribution in [0.5, 0.6) is 11.5 Å². The van der Waals surface area contributed by atoms with Gasteiger partial charge in [-0.2, -0.15) is 17.6 Å². The lowest BCUT2D eigenvalue weighted by atomic mass is 10.1. The molecule has 134 valence electrons. The van der Waals surface area contributed by atoms with Gasteiger partial charge < -0.3 is 19.2 Å². The van der Waals surface area contributed by atoms with Gasteiger partial charge in [-0.25, -0.2) is 0 Å². The van der Waals surface area contributed by atoms with Gasteiger partial charge in [0.15, 0.2) is 0 Å². The van der Waals surface area contributed by atoms with Crippen LogP contribution < -0.4 is 14.8 Å². The van der Waals surface area contributed by atoms with E-state index in [1.165, 1.54) is 18.4 Å². The summed E-state index contributed by atoms with van der Waals surface area (Å²) in [5, 5.41) is 2.52. The zero-order valence-corrected chi connectivity index (χ0v) is 12.6. The number of rotatable bonds is 8. The average molecular weight is 359 g/mol. The van der Waals surface area contributed by atoms with Gasteiger partial charge in [0.05, 0.1) is 12.8 Å². The van der Waals surface area contributed by atoms with E-state index in [0.717, 1.165) is 18.2 Å². The van der Waals surface area contributed by atoms with E-state index >= 15 is 0 Å². The number of amides is 1. The molecule has 1 aromatic heterocycles. The second-order valence-electron chi connectivity index (χ2n) is 4.59. The van der Waals surface area contributed by atoms with E-state index in [2.05, 4.69) is 14.8 Å². The van der Waals surface area contributed by atoms with Crippen molar-refractivity contribution >= 4 is 12.0 Å². The number of halogens is 4. The highest BCUT2D eigenvalue weighted by Gasteiger charge is 2.12. The normalized spacial score (nSPS) is 11.3. The first kappa shape index (κ1) is 18.4. The SMILES string of the molecule is O=C(/C=C/c1ccc(OC(F)F)cc1OC(F)F)NCc1ccco1. The smallest absolute Gasteiger partial charge is 0.387 e. The molecule has 0 saturated heterocycles. The van der Waals surface area contributed by atoms with Crippen LogP contribution in [0.4, 0.5) is 17.6 Å². The van der Waals surface area contributed by atoms with Crippen LogP contribution >= 0.6 is 0 Å². The van der Waals surface area contributed by atoms with Crippen LogP contribution in [0.3, 0.4) is 0 Å². The molecule has 1 amide bonds. The predicted octanol–water partition coefficient (Wildman–Crippen LogP) is 3.81. The molecule has 0 aliphatic heterocycles. The Labute approximate surface area is 139 Å². The summed E-state index contributed by atoms with van der Waals surface area (Å²) in [4.78, 5) is 11.7. The lowest BCUT2D eigenvalue weighted by molar-refractivity contribution is -0.116. The number of hydrogen-bond donors (Lipinski definition) is 1. The molecule has 0 unspecified atom stereocenters. The Bertz CT molecular complexity index is 717. The first-order valence-corrected chi connectivity index (χ1v) is 6.96. The quantitative estimate of drug-likeness (QED) is 0.575. The van der Waals surface area contributed by atoms with Gasteiger partial charge in [0.25, 0.3) is 0 Å². The second-order valence-corrected chi connectivity index (χ2v) is 4.59. The van der Waals surface area contributed by atoms with E-state index in [4.69, 9.17) is 4.42 Å². The monoisotopic (exact) mass is 359 g/mol. The van der Waals surface area contributed by atoms with Crippen LogP contribution in [0.1, 0.15) is 11.3 Å². The Kier molecular flexibility index (Phi) is 6.44. The minimum atomic E-state index is -3.17. The van der Waals surface area contributed by atoms with Crippen molar-refractivity contribution < 1.29 is 36.2 Å². The molecule has 0 atom stereocenters. The van der Waals surface area contributed by atoms with Gasteiger partial charge in [0.2, 0.25) is 5.91 Å². The molecule has 0 fully saturated rings. The molecule has 0 spiro atoms. The molecule has 1 aromatic carbocycles. The van der Waals surface area contributed by atoms with E-state index in [9.17, 15) is 22.4 Å². The largest absolute Gasteiger partial charge is 0.467 e. The lowest BCUT2D eigenvalue weighted by Crippen LogP contribution is -2.19. The van der Waals surface area contributed by atoms with Gasteiger partial charge in [0, 0.05) is 17.7 Å². The molecule has 1 heterocycles. The van der Waals surface area contributed by atoms with E-state index in [1.54, 1.807) is 12.1 Å². The van der Waals surface area contributed by atoms with E-state index in [0.29, 0.717) is 5.76 Å². The van der Waals surface area contributed by atoms with Crippen molar-refractivity contribution in [2.45, 2.75) is 19.8 Å². The highest BCUT2D eigenvalue weighted by Crippen LogP contribution is 2.28. The Hall–Kier alpha value is -2.97. The van der Waals surface area contributed by atoms with Crippen LogP contribution in [0, 0.1) is 0 Å². The van der Waals surface area contributed by atoms with Gasteiger partial charge in [0.1, 0.15) is 17.3 Å². The van der Waals surface area contributed by atoms with Gasteiger partial charge in [-0.3, -0.25) is 4.79 Å². The summed E-state index contributed by atoms with van der Waals surface area (Å²) in [6, 6.07) is 6.57. The fraction of sp³-hybridized carbons (Fsp3) is 0.188. The number of carbonyl (C=O) groups excluding carboxylic acids is 1. The van der Waals surface area contributed by atoms with Crippen LogP contribution in [-0.4, -0.2) is 19.1 Å². The summed E-state index contributed by atoms with van der Waals surface area (Å²) in [6.45, 7) is -6.12. The van der Waals surface area contributed by atoms with E-state index < -0.39 is 24.9 Å². The summed E-state index contributed by atoms with van der Waals surface area (Å²) in [5.74, 6) is -0.711. The van der Waals surface area contributed by atoms with Gasteiger partial charge in [-0.1, -0.05) is 0 Å². The highest BCUT2D eigenvalue weighted by molar-refractivity contribution is 5.92. The molecular weight excluding hydrogens is 346 g/mol. The fourth-order valence-corrected chi connectivity index (χ4v) is 1.84. The van der Waals surface area contributed by atoms with Crippen molar-refractivity contribution in [3.63, 3.8) is 0 Å². The maximum Gasteiger partial charge on any atom is 0.387 e. The zero-order valence-electron chi connectivity index (χ0n) is 12.6. The van der Waals surface area contributed by atoms with Crippen molar-refractivity contribution in [1.82, 2.24) is 5.32 Å². The molecule has 2 rings (SSSR count). The molecule has 2 aromatic rings. The van der Waals surface area contributed by atoms with Crippen molar-refractivity contribution in [2.75, 3.05) is 0 Å². The van der Waals surface area contributed by atoms with Gasteiger partial charge in [-0.15, -0.1) is 0 Å². The summed E-state index contributed by atoms with van der Waals surface area (Å²) >= 11 is 0. The second kappa shape index (κ2) is 8.76. The first-order chi connectivity index (χ1) is 11.9. The third kappa shape index (κ3) is 6.21. The summed E-state index contributed by atoms with van der Waals surface area (Å²) in [7, 11) is 0. The number of ether oxygens (including phenoxy) is 2. The number of carbonyl (C=O) groups is 1. The topological polar surface area (TPSA) is 60.7 Å². The van der Waals surface area contributed by atoms with Crippen LogP contribution in [0.2, 0.25) is 0 Å². The summed E-state index contributed by atoms with van der Waals surface area (Å²) < 4.78 is 62.7. The first-order valence-electron chi connectivity index (χ1n) is 6.96. The molecular formula is C16H13F4NO4. The number of alkyl halides is 4. The Morgan fingerprint density at radius 1 is 1.16 bits per heavy atom. The molecule has 5 nitrogen and oxygen atoms in total. The molecule has 0 aliphatic rings. The minimum Gasteiger partial charge on any atom is -0.467 e. The van der Waals surface area contributed by atoms with Crippen molar-refractivity contribution in [3.05, 3.63) is 54.0 Å². The van der Waals surface area contributed by atoms with Crippen molar-refractivity contribution in [3.8, 4) is 11.5 Å². The average Bonchev–Trinajstić information content (AvgIpc) is 3.04. The lowest BCUT2D eigenvalue weighted by Gasteiger charge is -2.11. The third-order valence-corrected chi connectivity index (χ3v) is 2.86.